The Morgan fingerprint density at radius 1 is 1.00 bits per heavy atom. The van der Waals surface area contributed by atoms with Gasteiger partial charge in [-0.05, 0) is 13.0 Å². The lowest BCUT2D eigenvalue weighted by atomic mass is 10.3. The first-order chi connectivity index (χ1) is 8.26. The fraction of sp³-hybridized carbons (Fsp3) is 0.250. The van der Waals surface area contributed by atoms with Gasteiger partial charge >= 0.3 is 17.9 Å². The van der Waals surface area contributed by atoms with Crippen molar-refractivity contribution in [3.8, 4) is 0 Å². The largest absolute Gasteiger partial charge is 0.478 e. The van der Waals surface area contributed by atoms with Gasteiger partial charge in [0, 0.05) is 11.6 Å². The van der Waals surface area contributed by atoms with Crippen molar-refractivity contribution in [3.05, 3.63) is 36.5 Å². The number of aliphatic carboxylic acids is 1. The molecule has 0 spiro atoms. The summed E-state index contributed by atoms with van der Waals surface area (Å²) in [6.07, 6.45) is 1.90. The topological polar surface area (TPSA) is 89.9 Å². The lowest BCUT2D eigenvalue weighted by molar-refractivity contribution is -0.136. The van der Waals surface area contributed by atoms with Gasteiger partial charge in [0.15, 0.2) is 0 Å². The molecular weight excluding hydrogens is 240 g/mol. The number of carbonyl (C=O) groups is 3. The summed E-state index contributed by atoms with van der Waals surface area (Å²) in [4.78, 5) is 30.7. The molecule has 6 heteroatoms. The van der Waals surface area contributed by atoms with Crippen LogP contribution in [0, 0.1) is 0 Å². The normalized spacial score (nSPS) is 8.83. The third-order valence-corrected chi connectivity index (χ3v) is 1.41. The zero-order valence-electron chi connectivity index (χ0n) is 10.6. The smallest absolute Gasteiger partial charge is 0.337 e. The first-order valence-electron chi connectivity index (χ1n) is 4.68. The van der Waals surface area contributed by atoms with E-state index in [1.54, 1.807) is 6.92 Å². The second-order valence-electron chi connectivity index (χ2n) is 2.96. The van der Waals surface area contributed by atoms with Crippen molar-refractivity contribution >= 4 is 17.9 Å². The predicted molar refractivity (Wildman–Crippen MR) is 64.8 cm³/mol. The monoisotopic (exact) mass is 256 g/mol. The van der Waals surface area contributed by atoms with E-state index in [2.05, 4.69) is 22.6 Å². The number of esters is 2. The average molecular weight is 256 g/mol. The minimum atomic E-state index is -1.13. The van der Waals surface area contributed by atoms with E-state index < -0.39 is 11.9 Å². The van der Waals surface area contributed by atoms with Crippen LogP contribution in [0.2, 0.25) is 0 Å². The summed E-state index contributed by atoms with van der Waals surface area (Å²) in [6, 6.07) is 0. The lowest BCUT2D eigenvalue weighted by Crippen LogP contribution is -2.01. The molecule has 0 amide bonds. The molecule has 0 aliphatic carbocycles. The number of carboxylic acid groups (broad SMARTS) is 1. The number of hydrogen-bond acceptors (Lipinski definition) is 5. The van der Waals surface area contributed by atoms with Gasteiger partial charge in [0.25, 0.3) is 0 Å². The lowest BCUT2D eigenvalue weighted by Gasteiger charge is -1.94. The first-order valence-corrected chi connectivity index (χ1v) is 4.68. The van der Waals surface area contributed by atoms with Crippen LogP contribution < -0.4 is 0 Å². The molecule has 0 unspecified atom stereocenters. The fourth-order valence-corrected chi connectivity index (χ4v) is 0.545. The molecule has 0 aromatic rings. The Bertz CT molecular complexity index is 378. The maximum atomic E-state index is 10.6. The van der Waals surface area contributed by atoms with E-state index in [0.29, 0.717) is 5.57 Å². The van der Waals surface area contributed by atoms with Crippen molar-refractivity contribution in [2.24, 2.45) is 0 Å². The van der Waals surface area contributed by atoms with Crippen LogP contribution in [0.25, 0.3) is 0 Å². The summed E-state index contributed by atoms with van der Waals surface area (Å²) < 4.78 is 8.53. The maximum Gasteiger partial charge on any atom is 0.337 e. The Morgan fingerprint density at radius 3 is 1.67 bits per heavy atom. The summed E-state index contributed by atoms with van der Waals surface area (Å²) in [7, 11) is 2.53. The molecule has 0 aliphatic heterocycles. The Balaban J connectivity index is 0. The number of carbonyl (C=O) groups excluding carboxylic acids is 2. The van der Waals surface area contributed by atoms with E-state index in [1.165, 1.54) is 14.2 Å². The Kier molecular flexibility index (Phi) is 9.83. The molecule has 18 heavy (non-hydrogen) atoms. The van der Waals surface area contributed by atoms with E-state index in [0.717, 1.165) is 12.2 Å². The van der Waals surface area contributed by atoms with Crippen LogP contribution in [0.4, 0.5) is 0 Å². The second kappa shape index (κ2) is 9.83. The fourth-order valence-electron chi connectivity index (χ4n) is 0.545. The quantitative estimate of drug-likeness (QED) is 0.460. The summed E-state index contributed by atoms with van der Waals surface area (Å²) in [5.41, 5.74) is 0.442. The van der Waals surface area contributed by atoms with E-state index in [-0.39, 0.29) is 11.5 Å². The molecule has 0 saturated heterocycles. The summed E-state index contributed by atoms with van der Waals surface area (Å²) in [6.45, 7) is 8.23. The predicted octanol–water partition coefficient (Wildman–Crippen LogP) is 1.09. The van der Waals surface area contributed by atoms with Gasteiger partial charge in [-0.15, -0.1) is 0 Å². The van der Waals surface area contributed by atoms with Gasteiger partial charge in [0.2, 0.25) is 0 Å². The Morgan fingerprint density at radius 2 is 1.44 bits per heavy atom. The van der Waals surface area contributed by atoms with Gasteiger partial charge in [0.1, 0.15) is 0 Å². The molecule has 100 valence electrons. The highest BCUT2D eigenvalue weighted by Gasteiger charge is 2.01. The molecule has 0 aromatic heterocycles. The van der Waals surface area contributed by atoms with Gasteiger partial charge in [-0.2, -0.15) is 0 Å². The highest BCUT2D eigenvalue weighted by atomic mass is 16.5. The number of carboxylic acids is 1. The standard InChI is InChI=1S/C7H8O4.C5H8O2/c1-5(7(10)11-2)3-4-6(8)9;1-4(2)5(6)7-3/h3-4H,1H2,2H3,(H,8,9);1H2,2-3H3. The molecule has 0 rings (SSSR count). The summed E-state index contributed by atoms with van der Waals surface area (Å²) in [5.74, 6) is -2.11. The SMILES string of the molecule is C=C(C)C(=O)OC.C=C(C=CC(=O)O)C(=O)OC. The van der Waals surface area contributed by atoms with Crippen LogP contribution in [-0.2, 0) is 23.9 Å². The molecule has 0 bridgehead atoms. The van der Waals surface area contributed by atoms with Crippen molar-refractivity contribution in [1.29, 1.82) is 0 Å². The Hall–Kier alpha value is -2.37. The van der Waals surface area contributed by atoms with Gasteiger partial charge in [-0.3, -0.25) is 0 Å². The zero-order chi connectivity index (χ0) is 14.7. The van der Waals surface area contributed by atoms with Crippen LogP contribution >= 0.6 is 0 Å². The van der Waals surface area contributed by atoms with Gasteiger partial charge in [-0.25, -0.2) is 14.4 Å². The Labute approximate surface area is 105 Å². The van der Waals surface area contributed by atoms with E-state index in [4.69, 9.17) is 5.11 Å². The molecule has 0 fully saturated rings. The summed E-state index contributed by atoms with van der Waals surface area (Å²) in [5, 5.41) is 8.14. The van der Waals surface area contributed by atoms with Crippen molar-refractivity contribution in [1.82, 2.24) is 0 Å². The summed E-state index contributed by atoms with van der Waals surface area (Å²) >= 11 is 0. The highest BCUT2D eigenvalue weighted by molar-refractivity contribution is 5.92. The maximum absolute atomic E-state index is 10.6. The zero-order valence-corrected chi connectivity index (χ0v) is 10.6. The van der Waals surface area contributed by atoms with Crippen molar-refractivity contribution < 1.29 is 29.0 Å². The molecule has 6 nitrogen and oxygen atoms in total. The van der Waals surface area contributed by atoms with Crippen molar-refractivity contribution in [2.75, 3.05) is 14.2 Å². The molecule has 1 N–H and O–H groups in total. The third kappa shape index (κ3) is 10.2. The second-order valence-corrected chi connectivity index (χ2v) is 2.96. The minimum Gasteiger partial charge on any atom is -0.478 e. The number of methoxy groups -OCH3 is 2. The van der Waals surface area contributed by atoms with E-state index in [9.17, 15) is 14.4 Å². The first kappa shape index (κ1) is 18.0. The van der Waals surface area contributed by atoms with Crippen LogP contribution in [-0.4, -0.2) is 37.2 Å². The van der Waals surface area contributed by atoms with E-state index >= 15 is 0 Å². The number of rotatable bonds is 4. The van der Waals surface area contributed by atoms with Gasteiger partial charge < -0.3 is 14.6 Å². The average Bonchev–Trinajstić information content (AvgIpc) is 2.34. The molecule has 0 saturated carbocycles. The van der Waals surface area contributed by atoms with Crippen molar-refractivity contribution in [2.45, 2.75) is 6.92 Å². The van der Waals surface area contributed by atoms with E-state index in [1.807, 2.05) is 0 Å². The van der Waals surface area contributed by atoms with Gasteiger partial charge in [0.05, 0.1) is 19.8 Å². The molecule has 0 aliphatic rings. The molecule has 0 aromatic carbocycles. The van der Waals surface area contributed by atoms with Crippen LogP contribution in [0.3, 0.4) is 0 Å². The number of ether oxygens (including phenoxy) is 2. The molecule has 0 radical (unpaired) electrons. The molecule has 0 atom stereocenters. The van der Waals surface area contributed by atoms with Crippen LogP contribution in [0.5, 0.6) is 0 Å². The van der Waals surface area contributed by atoms with Crippen molar-refractivity contribution in [3.63, 3.8) is 0 Å². The minimum absolute atomic E-state index is 0.00917. The number of hydrogen-bond donors (Lipinski definition) is 1. The van der Waals surface area contributed by atoms with Gasteiger partial charge in [-0.1, -0.05) is 13.2 Å². The van der Waals surface area contributed by atoms with Crippen LogP contribution in [0.1, 0.15) is 6.92 Å². The molecule has 0 heterocycles. The van der Waals surface area contributed by atoms with Crippen LogP contribution in [0.15, 0.2) is 36.5 Å². The third-order valence-electron chi connectivity index (χ3n) is 1.41. The molecular formula is C12H16O6. The highest BCUT2D eigenvalue weighted by Crippen LogP contribution is 1.94.